The van der Waals surface area contributed by atoms with E-state index in [1.54, 1.807) is 12.1 Å². The first kappa shape index (κ1) is 14.8. The van der Waals surface area contributed by atoms with Gasteiger partial charge < -0.3 is 0 Å². The lowest BCUT2D eigenvalue weighted by atomic mass is 9.99. The molecule has 0 spiro atoms. The van der Waals surface area contributed by atoms with Crippen molar-refractivity contribution in [2.45, 2.75) is 33.1 Å². The number of unbranched alkanes of at least 4 members (excludes halogenated alkanes) is 1. The summed E-state index contributed by atoms with van der Waals surface area (Å²) in [6.07, 6.45) is 3.44. The van der Waals surface area contributed by atoms with Crippen LogP contribution < -0.4 is 0 Å². The predicted molar refractivity (Wildman–Crippen MR) is 84.7 cm³/mol. The van der Waals surface area contributed by atoms with Crippen molar-refractivity contribution in [3.8, 4) is 0 Å². The molecule has 0 fully saturated rings. The fourth-order valence-corrected chi connectivity index (χ4v) is 2.27. The molecule has 2 aromatic rings. The number of hydrogen-bond acceptors (Lipinski definition) is 1. The van der Waals surface area contributed by atoms with E-state index in [0.29, 0.717) is 10.6 Å². The molecule has 104 valence electrons. The number of ketones is 1. The summed E-state index contributed by atoms with van der Waals surface area (Å²) >= 11 is 5.99. The Morgan fingerprint density at radius 3 is 2.30 bits per heavy atom. The average Bonchev–Trinajstić information content (AvgIpc) is 2.48. The van der Waals surface area contributed by atoms with Crippen molar-refractivity contribution in [3.63, 3.8) is 0 Å². The molecule has 0 saturated carbocycles. The van der Waals surface area contributed by atoms with Gasteiger partial charge in [0.25, 0.3) is 0 Å². The second-order valence-electron chi connectivity index (χ2n) is 5.09. The highest BCUT2D eigenvalue weighted by atomic mass is 35.5. The minimum absolute atomic E-state index is 0.0480. The van der Waals surface area contributed by atoms with Gasteiger partial charge in [-0.2, -0.15) is 0 Å². The Bertz CT molecular complexity index is 599. The van der Waals surface area contributed by atoms with E-state index in [1.807, 2.05) is 37.3 Å². The molecular weight excluding hydrogens is 268 g/mol. The number of aryl methyl sites for hydroxylation is 2. The fraction of sp³-hybridized carbons (Fsp3) is 0.278. The number of rotatable bonds is 5. The van der Waals surface area contributed by atoms with Crippen LogP contribution >= 0.6 is 11.6 Å². The Morgan fingerprint density at radius 2 is 1.70 bits per heavy atom. The molecule has 0 saturated heterocycles. The second kappa shape index (κ2) is 6.71. The first-order chi connectivity index (χ1) is 9.61. The zero-order valence-corrected chi connectivity index (χ0v) is 12.7. The standard InChI is InChI=1S/C18H19ClO/c1-3-4-5-14-6-8-15(9-7-14)18(20)16-10-11-17(19)13(2)12-16/h6-12H,3-5H2,1-2H3. The summed E-state index contributed by atoms with van der Waals surface area (Å²) in [5.74, 6) is 0.0480. The quantitative estimate of drug-likeness (QED) is 0.689. The molecule has 0 aliphatic heterocycles. The minimum atomic E-state index is 0.0480. The van der Waals surface area contributed by atoms with Crippen LogP contribution in [0.3, 0.4) is 0 Å². The van der Waals surface area contributed by atoms with E-state index in [2.05, 4.69) is 6.92 Å². The average molecular weight is 287 g/mol. The lowest BCUT2D eigenvalue weighted by Gasteiger charge is -2.05. The molecule has 2 aromatic carbocycles. The maximum absolute atomic E-state index is 12.4. The summed E-state index contributed by atoms with van der Waals surface area (Å²) in [7, 11) is 0. The molecule has 0 amide bonds. The number of carbonyl (C=O) groups excluding carboxylic acids is 1. The van der Waals surface area contributed by atoms with Crippen LogP contribution in [-0.2, 0) is 6.42 Å². The maximum Gasteiger partial charge on any atom is 0.193 e. The molecular formula is C18H19ClO. The van der Waals surface area contributed by atoms with Crippen LogP contribution in [0.25, 0.3) is 0 Å². The van der Waals surface area contributed by atoms with Gasteiger partial charge in [0.05, 0.1) is 0 Å². The third kappa shape index (κ3) is 3.49. The topological polar surface area (TPSA) is 17.1 Å². The molecule has 0 aromatic heterocycles. The second-order valence-corrected chi connectivity index (χ2v) is 5.50. The maximum atomic E-state index is 12.4. The van der Waals surface area contributed by atoms with E-state index < -0.39 is 0 Å². The Labute approximate surface area is 125 Å². The Kier molecular flexibility index (Phi) is 4.97. The van der Waals surface area contributed by atoms with E-state index >= 15 is 0 Å². The van der Waals surface area contributed by atoms with Gasteiger partial charge in [-0.3, -0.25) is 4.79 Å². The molecule has 0 heterocycles. The van der Waals surface area contributed by atoms with Crippen molar-refractivity contribution in [1.29, 1.82) is 0 Å². The van der Waals surface area contributed by atoms with Crippen molar-refractivity contribution < 1.29 is 4.79 Å². The molecule has 0 aliphatic carbocycles. The van der Waals surface area contributed by atoms with Crippen LogP contribution in [0.15, 0.2) is 42.5 Å². The van der Waals surface area contributed by atoms with Crippen LogP contribution in [0, 0.1) is 6.92 Å². The first-order valence-corrected chi connectivity index (χ1v) is 7.39. The lowest BCUT2D eigenvalue weighted by Crippen LogP contribution is -2.02. The highest BCUT2D eigenvalue weighted by molar-refractivity contribution is 6.31. The SMILES string of the molecule is CCCCc1ccc(C(=O)c2ccc(Cl)c(C)c2)cc1. The van der Waals surface area contributed by atoms with Crippen molar-refractivity contribution >= 4 is 17.4 Å². The van der Waals surface area contributed by atoms with Crippen molar-refractivity contribution in [2.75, 3.05) is 0 Å². The lowest BCUT2D eigenvalue weighted by molar-refractivity contribution is 0.103. The zero-order chi connectivity index (χ0) is 14.5. The normalized spacial score (nSPS) is 10.6. The Morgan fingerprint density at radius 1 is 1.05 bits per heavy atom. The molecule has 0 unspecified atom stereocenters. The van der Waals surface area contributed by atoms with Gasteiger partial charge in [0.2, 0.25) is 0 Å². The highest BCUT2D eigenvalue weighted by Gasteiger charge is 2.10. The van der Waals surface area contributed by atoms with Gasteiger partial charge in [0.1, 0.15) is 0 Å². The molecule has 0 bridgehead atoms. The van der Waals surface area contributed by atoms with Gasteiger partial charge in [0, 0.05) is 16.1 Å². The summed E-state index contributed by atoms with van der Waals surface area (Å²) in [6, 6.07) is 13.3. The third-order valence-corrected chi connectivity index (χ3v) is 3.88. The predicted octanol–water partition coefficient (Wildman–Crippen LogP) is 5.22. The van der Waals surface area contributed by atoms with Gasteiger partial charge in [-0.1, -0.05) is 49.2 Å². The van der Waals surface area contributed by atoms with Gasteiger partial charge in [-0.25, -0.2) is 0 Å². The monoisotopic (exact) mass is 286 g/mol. The van der Waals surface area contributed by atoms with Crippen LogP contribution in [0.2, 0.25) is 5.02 Å². The van der Waals surface area contributed by atoms with Crippen molar-refractivity contribution in [3.05, 3.63) is 69.7 Å². The van der Waals surface area contributed by atoms with E-state index in [1.165, 1.54) is 18.4 Å². The van der Waals surface area contributed by atoms with Crippen molar-refractivity contribution in [2.24, 2.45) is 0 Å². The summed E-state index contributed by atoms with van der Waals surface area (Å²) in [6.45, 7) is 4.09. The van der Waals surface area contributed by atoms with Crippen molar-refractivity contribution in [1.82, 2.24) is 0 Å². The van der Waals surface area contributed by atoms with Gasteiger partial charge in [-0.05, 0) is 49.1 Å². The number of benzene rings is 2. The van der Waals surface area contributed by atoms with E-state index in [-0.39, 0.29) is 5.78 Å². The smallest absolute Gasteiger partial charge is 0.193 e. The molecule has 0 aliphatic rings. The van der Waals surface area contributed by atoms with Crippen LogP contribution in [0.5, 0.6) is 0 Å². The first-order valence-electron chi connectivity index (χ1n) is 7.01. The highest BCUT2D eigenvalue weighted by Crippen LogP contribution is 2.19. The molecule has 0 atom stereocenters. The van der Waals surface area contributed by atoms with Gasteiger partial charge >= 0.3 is 0 Å². The number of hydrogen-bond donors (Lipinski definition) is 0. The van der Waals surface area contributed by atoms with Gasteiger partial charge in [-0.15, -0.1) is 0 Å². The fourth-order valence-electron chi connectivity index (χ4n) is 2.16. The summed E-state index contributed by atoms with van der Waals surface area (Å²) in [4.78, 5) is 12.4. The van der Waals surface area contributed by atoms with Crippen LogP contribution in [0.1, 0.15) is 46.8 Å². The molecule has 20 heavy (non-hydrogen) atoms. The molecule has 0 radical (unpaired) electrons. The van der Waals surface area contributed by atoms with Crippen LogP contribution in [0.4, 0.5) is 0 Å². The Hall–Kier alpha value is -1.60. The zero-order valence-electron chi connectivity index (χ0n) is 11.9. The summed E-state index contributed by atoms with van der Waals surface area (Å²) in [5, 5.41) is 0.691. The summed E-state index contributed by atoms with van der Waals surface area (Å²) in [5.41, 5.74) is 3.63. The third-order valence-electron chi connectivity index (χ3n) is 3.46. The Balaban J connectivity index is 2.18. The summed E-state index contributed by atoms with van der Waals surface area (Å²) < 4.78 is 0. The van der Waals surface area contributed by atoms with E-state index in [4.69, 9.17) is 11.6 Å². The van der Waals surface area contributed by atoms with E-state index in [0.717, 1.165) is 17.5 Å². The van der Waals surface area contributed by atoms with E-state index in [9.17, 15) is 4.79 Å². The molecule has 0 N–H and O–H groups in total. The largest absolute Gasteiger partial charge is 0.289 e. The van der Waals surface area contributed by atoms with Gasteiger partial charge in [0.15, 0.2) is 5.78 Å². The number of carbonyl (C=O) groups is 1. The molecule has 2 heteroatoms. The molecule has 1 nitrogen and oxygen atoms in total. The van der Waals surface area contributed by atoms with Crippen LogP contribution in [-0.4, -0.2) is 5.78 Å². The molecule has 2 rings (SSSR count). The minimum Gasteiger partial charge on any atom is -0.289 e. The number of halogens is 1.